The van der Waals surface area contributed by atoms with Gasteiger partial charge >= 0.3 is 0 Å². The standard InChI is InChI=1S/C17H29NO/c1-5-6-7-8-9-12-18-15(3)16-13-14(2)10-11-17(16)19-4/h10-11,13,15,18H,5-9,12H2,1-4H3. The van der Waals surface area contributed by atoms with Crippen LogP contribution < -0.4 is 10.1 Å². The molecule has 1 rings (SSSR count). The fourth-order valence-corrected chi connectivity index (χ4v) is 2.35. The smallest absolute Gasteiger partial charge is 0.123 e. The van der Waals surface area contributed by atoms with E-state index in [2.05, 4.69) is 44.3 Å². The van der Waals surface area contributed by atoms with Crippen LogP contribution in [0, 0.1) is 6.92 Å². The lowest BCUT2D eigenvalue weighted by atomic mass is 10.0. The summed E-state index contributed by atoms with van der Waals surface area (Å²) in [6.45, 7) is 7.68. The van der Waals surface area contributed by atoms with Gasteiger partial charge in [0, 0.05) is 11.6 Å². The quantitative estimate of drug-likeness (QED) is 0.656. The number of unbranched alkanes of at least 4 members (excludes halogenated alkanes) is 4. The number of aryl methyl sites for hydroxylation is 1. The molecule has 0 saturated carbocycles. The number of methoxy groups -OCH3 is 1. The fourth-order valence-electron chi connectivity index (χ4n) is 2.35. The number of hydrogen-bond acceptors (Lipinski definition) is 2. The summed E-state index contributed by atoms with van der Waals surface area (Å²) in [5, 5.41) is 3.60. The average Bonchev–Trinajstić information content (AvgIpc) is 2.42. The van der Waals surface area contributed by atoms with E-state index in [0.717, 1.165) is 12.3 Å². The molecule has 19 heavy (non-hydrogen) atoms. The molecule has 0 fully saturated rings. The van der Waals surface area contributed by atoms with Crippen LogP contribution in [0.15, 0.2) is 18.2 Å². The molecule has 0 spiro atoms. The van der Waals surface area contributed by atoms with Crippen molar-refractivity contribution in [1.82, 2.24) is 5.32 Å². The summed E-state index contributed by atoms with van der Waals surface area (Å²) >= 11 is 0. The highest BCUT2D eigenvalue weighted by molar-refractivity contribution is 5.38. The Morgan fingerprint density at radius 1 is 1.16 bits per heavy atom. The van der Waals surface area contributed by atoms with Gasteiger partial charge in [-0.15, -0.1) is 0 Å². The summed E-state index contributed by atoms with van der Waals surface area (Å²) in [6.07, 6.45) is 6.63. The van der Waals surface area contributed by atoms with Gasteiger partial charge in [-0.05, 0) is 32.9 Å². The predicted octanol–water partition coefficient (Wildman–Crippen LogP) is 4.62. The van der Waals surface area contributed by atoms with E-state index in [-0.39, 0.29) is 0 Å². The Morgan fingerprint density at radius 3 is 2.58 bits per heavy atom. The van der Waals surface area contributed by atoms with E-state index >= 15 is 0 Å². The second kappa shape index (κ2) is 8.98. The third-order valence-electron chi connectivity index (χ3n) is 3.58. The molecule has 1 aromatic rings. The normalized spacial score (nSPS) is 12.4. The van der Waals surface area contributed by atoms with Crippen LogP contribution in [-0.4, -0.2) is 13.7 Å². The van der Waals surface area contributed by atoms with E-state index in [1.807, 2.05) is 0 Å². The molecule has 0 aliphatic rings. The van der Waals surface area contributed by atoms with Crippen molar-refractivity contribution in [3.8, 4) is 5.75 Å². The van der Waals surface area contributed by atoms with Crippen LogP contribution >= 0.6 is 0 Å². The molecule has 0 saturated heterocycles. The van der Waals surface area contributed by atoms with Gasteiger partial charge in [0.2, 0.25) is 0 Å². The zero-order valence-electron chi connectivity index (χ0n) is 13.0. The molecule has 0 radical (unpaired) electrons. The minimum Gasteiger partial charge on any atom is -0.496 e. The summed E-state index contributed by atoms with van der Waals surface area (Å²) in [5.41, 5.74) is 2.54. The van der Waals surface area contributed by atoms with Gasteiger partial charge in [-0.1, -0.05) is 50.3 Å². The number of benzene rings is 1. The van der Waals surface area contributed by atoms with Crippen molar-refractivity contribution in [3.63, 3.8) is 0 Å². The van der Waals surface area contributed by atoms with E-state index in [4.69, 9.17) is 4.74 Å². The summed E-state index contributed by atoms with van der Waals surface area (Å²) in [7, 11) is 1.74. The second-order valence-electron chi connectivity index (χ2n) is 5.34. The minimum atomic E-state index is 0.348. The van der Waals surface area contributed by atoms with Crippen LogP contribution in [0.25, 0.3) is 0 Å². The van der Waals surface area contributed by atoms with Crippen molar-refractivity contribution < 1.29 is 4.74 Å². The van der Waals surface area contributed by atoms with Crippen LogP contribution in [-0.2, 0) is 0 Å². The van der Waals surface area contributed by atoms with E-state index in [9.17, 15) is 0 Å². The van der Waals surface area contributed by atoms with E-state index in [0.29, 0.717) is 6.04 Å². The van der Waals surface area contributed by atoms with E-state index < -0.39 is 0 Å². The molecule has 0 aliphatic heterocycles. The van der Waals surface area contributed by atoms with Gasteiger partial charge in [-0.2, -0.15) is 0 Å². The maximum Gasteiger partial charge on any atom is 0.123 e. The summed E-state index contributed by atoms with van der Waals surface area (Å²) in [5.74, 6) is 0.983. The highest BCUT2D eigenvalue weighted by Crippen LogP contribution is 2.25. The summed E-state index contributed by atoms with van der Waals surface area (Å²) in [6, 6.07) is 6.72. The Bertz CT molecular complexity index is 362. The van der Waals surface area contributed by atoms with Gasteiger partial charge in [0.1, 0.15) is 5.75 Å². The lowest BCUT2D eigenvalue weighted by Gasteiger charge is -2.18. The number of rotatable bonds is 9. The van der Waals surface area contributed by atoms with Gasteiger partial charge in [-0.25, -0.2) is 0 Å². The van der Waals surface area contributed by atoms with Crippen molar-refractivity contribution in [2.24, 2.45) is 0 Å². The monoisotopic (exact) mass is 263 g/mol. The number of ether oxygens (including phenoxy) is 1. The Kier molecular flexibility index (Phi) is 7.57. The van der Waals surface area contributed by atoms with Crippen LogP contribution in [0.5, 0.6) is 5.75 Å². The third-order valence-corrected chi connectivity index (χ3v) is 3.58. The third kappa shape index (κ3) is 5.65. The minimum absolute atomic E-state index is 0.348. The largest absolute Gasteiger partial charge is 0.496 e. The Morgan fingerprint density at radius 2 is 1.89 bits per heavy atom. The maximum absolute atomic E-state index is 5.44. The summed E-state index contributed by atoms with van der Waals surface area (Å²) < 4.78 is 5.44. The maximum atomic E-state index is 5.44. The molecule has 108 valence electrons. The first-order chi connectivity index (χ1) is 9.19. The van der Waals surface area contributed by atoms with Crippen LogP contribution in [0.2, 0.25) is 0 Å². The molecule has 0 bridgehead atoms. The molecule has 1 N–H and O–H groups in total. The summed E-state index contributed by atoms with van der Waals surface area (Å²) in [4.78, 5) is 0. The molecule has 0 aromatic heterocycles. The lowest BCUT2D eigenvalue weighted by molar-refractivity contribution is 0.401. The van der Waals surface area contributed by atoms with Gasteiger partial charge in [-0.3, -0.25) is 0 Å². The molecule has 0 amide bonds. The first kappa shape index (κ1) is 16.0. The Balaban J connectivity index is 2.40. The molecular weight excluding hydrogens is 234 g/mol. The Labute approximate surface area is 118 Å². The number of hydrogen-bond donors (Lipinski definition) is 1. The highest BCUT2D eigenvalue weighted by atomic mass is 16.5. The van der Waals surface area contributed by atoms with Crippen molar-refractivity contribution in [2.75, 3.05) is 13.7 Å². The van der Waals surface area contributed by atoms with Crippen molar-refractivity contribution in [3.05, 3.63) is 29.3 Å². The van der Waals surface area contributed by atoms with Crippen LogP contribution in [0.3, 0.4) is 0 Å². The zero-order chi connectivity index (χ0) is 14.1. The van der Waals surface area contributed by atoms with Gasteiger partial charge in [0.15, 0.2) is 0 Å². The first-order valence-electron chi connectivity index (χ1n) is 7.57. The van der Waals surface area contributed by atoms with E-state index in [1.54, 1.807) is 7.11 Å². The van der Waals surface area contributed by atoms with Gasteiger partial charge in [0.05, 0.1) is 7.11 Å². The fraction of sp³-hybridized carbons (Fsp3) is 0.647. The number of nitrogens with one attached hydrogen (secondary N) is 1. The molecule has 1 atom stereocenters. The average molecular weight is 263 g/mol. The molecular formula is C17H29NO. The van der Waals surface area contributed by atoms with Gasteiger partial charge < -0.3 is 10.1 Å². The molecule has 0 heterocycles. The molecule has 1 unspecified atom stereocenters. The predicted molar refractivity (Wildman–Crippen MR) is 82.9 cm³/mol. The SMILES string of the molecule is CCCCCCCNC(C)c1cc(C)ccc1OC. The molecule has 2 nitrogen and oxygen atoms in total. The van der Waals surface area contributed by atoms with Crippen molar-refractivity contribution >= 4 is 0 Å². The molecule has 2 heteroatoms. The van der Waals surface area contributed by atoms with Crippen LogP contribution in [0.1, 0.15) is 63.1 Å². The van der Waals surface area contributed by atoms with Crippen molar-refractivity contribution in [1.29, 1.82) is 0 Å². The van der Waals surface area contributed by atoms with E-state index in [1.165, 1.54) is 43.2 Å². The van der Waals surface area contributed by atoms with Crippen LogP contribution in [0.4, 0.5) is 0 Å². The second-order valence-corrected chi connectivity index (χ2v) is 5.34. The lowest BCUT2D eigenvalue weighted by Crippen LogP contribution is -2.20. The van der Waals surface area contributed by atoms with Gasteiger partial charge in [0.25, 0.3) is 0 Å². The highest BCUT2D eigenvalue weighted by Gasteiger charge is 2.10. The Hall–Kier alpha value is -1.02. The molecule has 0 aliphatic carbocycles. The molecule has 1 aromatic carbocycles. The van der Waals surface area contributed by atoms with Crippen molar-refractivity contribution in [2.45, 2.75) is 58.9 Å². The topological polar surface area (TPSA) is 21.3 Å². The zero-order valence-corrected chi connectivity index (χ0v) is 13.0. The first-order valence-corrected chi connectivity index (χ1v) is 7.57.